The highest BCUT2D eigenvalue weighted by Crippen LogP contribution is 2.45. The standard InChI is InChI=1S/C46H31NOS/c1-2-15-35-30(11-1)12-10-19-36(35)31-13-9-14-33(27-31)47(34-24-26-39-38-17-4-7-21-43(38)48-44(39)29-34)42-20-6-3-16-37(42)32-23-25-41-40-18-5-8-22-45(40)49-46(41)28-32/h1-3,5-16,18-29H,4,17H2. The average Bonchev–Trinajstić information content (AvgIpc) is 3.73. The minimum atomic E-state index is 0.924. The van der Waals surface area contributed by atoms with Gasteiger partial charge in [-0.25, -0.2) is 0 Å². The smallest absolute Gasteiger partial charge is 0.137 e. The van der Waals surface area contributed by atoms with Crippen LogP contribution in [0, 0.1) is 0 Å². The molecular weight excluding hydrogens is 615 g/mol. The molecule has 0 radical (unpaired) electrons. The van der Waals surface area contributed by atoms with Crippen molar-refractivity contribution >= 4 is 76.4 Å². The van der Waals surface area contributed by atoms with Gasteiger partial charge in [0.15, 0.2) is 0 Å². The van der Waals surface area contributed by atoms with Crippen molar-refractivity contribution in [1.82, 2.24) is 0 Å². The number of aryl methyl sites for hydroxylation is 1. The van der Waals surface area contributed by atoms with Gasteiger partial charge in [0.25, 0.3) is 0 Å². The van der Waals surface area contributed by atoms with Gasteiger partial charge in [0.1, 0.15) is 11.3 Å². The van der Waals surface area contributed by atoms with Crippen LogP contribution >= 0.6 is 11.3 Å². The molecule has 1 aliphatic carbocycles. The van der Waals surface area contributed by atoms with Crippen molar-refractivity contribution in [2.75, 3.05) is 4.90 Å². The van der Waals surface area contributed by atoms with E-state index in [0.29, 0.717) is 0 Å². The molecular formula is C46H31NOS. The number of thiophene rings is 1. The second-order valence-corrected chi connectivity index (χ2v) is 13.9. The van der Waals surface area contributed by atoms with E-state index in [9.17, 15) is 0 Å². The Morgan fingerprint density at radius 1 is 0.531 bits per heavy atom. The van der Waals surface area contributed by atoms with Gasteiger partial charge in [-0.05, 0) is 88.8 Å². The predicted octanol–water partition coefficient (Wildman–Crippen LogP) is 13.7. The summed E-state index contributed by atoms with van der Waals surface area (Å²) in [6.45, 7) is 0. The predicted molar refractivity (Wildman–Crippen MR) is 210 cm³/mol. The summed E-state index contributed by atoms with van der Waals surface area (Å²) in [5.41, 5.74) is 10.3. The van der Waals surface area contributed by atoms with Crippen LogP contribution in [0.5, 0.6) is 0 Å². The number of hydrogen-bond acceptors (Lipinski definition) is 3. The Morgan fingerprint density at radius 3 is 2.24 bits per heavy atom. The number of rotatable bonds is 5. The van der Waals surface area contributed by atoms with Crippen LogP contribution in [-0.2, 0) is 6.42 Å². The van der Waals surface area contributed by atoms with Crippen molar-refractivity contribution in [1.29, 1.82) is 0 Å². The van der Waals surface area contributed by atoms with Crippen molar-refractivity contribution in [2.45, 2.75) is 12.8 Å². The van der Waals surface area contributed by atoms with E-state index < -0.39 is 0 Å². The number of allylic oxidation sites excluding steroid dienone is 1. The first-order valence-corrected chi connectivity index (χ1v) is 17.7. The normalized spacial score (nSPS) is 12.7. The van der Waals surface area contributed by atoms with Gasteiger partial charge in [-0.2, -0.15) is 0 Å². The maximum Gasteiger partial charge on any atom is 0.137 e. The van der Waals surface area contributed by atoms with E-state index >= 15 is 0 Å². The SMILES string of the molecule is C1=Cc2oc3cc(N(c4cccc(-c5cccc6ccccc56)c4)c4ccccc4-c4ccc5c(c4)sc4ccccc45)ccc3c2CC1. The largest absolute Gasteiger partial charge is 0.456 e. The van der Waals surface area contributed by atoms with E-state index in [4.69, 9.17) is 4.42 Å². The lowest BCUT2D eigenvalue weighted by atomic mass is 9.97. The third-order valence-electron chi connectivity index (χ3n) is 9.94. The van der Waals surface area contributed by atoms with Gasteiger partial charge in [0.05, 0.1) is 5.69 Å². The minimum Gasteiger partial charge on any atom is -0.456 e. The lowest BCUT2D eigenvalue weighted by Crippen LogP contribution is -2.11. The molecule has 0 aliphatic heterocycles. The van der Waals surface area contributed by atoms with Crippen LogP contribution in [0.3, 0.4) is 0 Å². The van der Waals surface area contributed by atoms with Crippen LogP contribution in [-0.4, -0.2) is 0 Å². The van der Waals surface area contributed by atoms with E-state index in [1.807, 2.05) is 11.3 Å². The summed E-state index contributed by atoms with van der Waals surface area (Å²) < 4.78 is 9.09. The van der Waals surface area contributed by atoms with Gasteiger partial charge >= 0.3 is 0 Å². The fourth-order valence-corrected chi connectivity index (χ4v) is 8.78. The Balaban J connectivity index is 1.18. The van der Waals surface area contributed by atoms with E-state index in [1.165, 1.54) is 64.1 Å². The fourth-order valence-electron chi connectivity index (χ4n) is 7.63. The first kappa shape index (κ1) is 28.1. The van der Waals surface area contributed by atoms with Crippen LogP contribution in [0.2, 0.25) is 0 Å². The van der Waals surface area contributed by atoms with Crippen molar-refractivity contribution in [3.8, 4) is 22.3 Å². The zero-order valence-corrected chi connectivity index (χ0v) is 27.6. The summed E-state index contributed by atoms with van der Waals surface area (Å²) in [5, 5.41) is 6.32. The molecule has 0 atom stereocenters. The second kappa shape index (κ2) is 11.4. The Kier molecular flexibility index (Phi) is 6.53. The molecule has 1 aliphatic rings. The molecule has 10 rings (SSSR count). The van der Waals surface area contributed by atoms with Crippen LogP contribution in [0.15, 0.2) is 162 Å². The molecule has 2 heterocycles. The second-order valence-electron chi connectivity index (χ2n) is 12.8. The molecule has 9 aromatic rings. The monoisotopic (exact) mass is 645 g/mol. The molecule has 7 aromatic carbocycles. The highest BCUT2D eigenvalue weighted by Gasteiger charge is 2.21. The first-order valence-electron chi connectivity index (χ1n) is 16.9. The van der Waals surface area contributed by atoms with E-state index in [-0.39, 0.29) is 0 Å². The summed E-state index contributed by atoms with van der Waals surface area (Å²) in [5.74, 6) is 0.986. The molecule has 0 N–H and O–H groups in total. The number of anilines is 3. The number of hydrogen-bond donors (Lipinski definition) is 0. The Hall–Kier alpha value is -5.90. The highest BCUT2D eigenvalue weighted by molar-refractivity contribution is 7.25. The van der Waals surface area contributed by atoms with Crippen LogP contribution < -0.4 is 4.90 Å². The Bertz CT molecular complexity index is 2740. The zero-order valence-electron chi connectivity index (χ0n) is 26.8. The third-order valence-corrected chi connectivity index (χ3v) is 11.1. The maximum absolute atomic E-state index is 6.47. The summed E-state index contributed by atoms with van der Waals surface area (Å²) in [7, 11) is 0. The van der Waals surface area contributed by atoms with Gasteiger partial charge in [-0.15, -0.1) is 11.3 Å². The van der Waals surface area contributed by atoms with Crippen LogP contribution in [0.1, 0.15) is 17.7 Å². The molecule has 0 saturated heterocycles. The van der Waals surface area contributed by atoms with Gasteiger partial charge in [-0.3, -0.25) is 0 Å². The number of para-hydroxylation sites is 1. The van der Waals surface area contributed by atoms with Crippen molar-refractivity contribution < 1.29 is 4.42 Å². The van der Waals surface area contributed by atoms with E-state index in [0.717, 1.165) is 41.2 Å². The maximum atomic E-state index is 6.47. The molecule has 0 unspecified atom stereocenters. The molecule has 3 heteroatoms. The highest BCUT2D eigenvalue weighted by atomic mass is 32.1. The number of nitrogens with zero attached hydrogens (tertiary/aromatic N) is 1. The van der Waals surface area contributed by atoms with Crippen LogP contribution in [0.4, 0.5) is 17.1 Å². The van der Waals surface area contributed by atoms with Crippen molar-refractivity contribution in [3.63, 3.8) is 0 Å². The van der Waals surface area contributed by atoms with Crippen LogP contribution in [0.25, 0.3) is 70.2 Å². The number of fused-ring (bicyclic) bond motifs is 7. The lowest BCUT2D eigenvalue weighted by Gasteiger charge is -2.28. The summed E-state index contributed by atoms with van der Waals surface area (Å²) in [6, 6.07) is 55.3. The average molecular weight is 646 g/mol. The topological polar surface area (TPSA) is 16.4 Å². The summed E-state index contributed by atoms with van der Waals surface area (Å²) in [6.07, 6.45) is 6.40. The van der Waals surface area contributed by atoms with Crippen molar-refractivity contribution in [3.05, 3.63) is 169 Å². The van der Waals surface area contributed by atoms with E-state index in [1.54, 1.807) is 0 Å². The van der Waals surface area contributed by atoms with Gasteiger partial charge in [-0.1, -0.05) is 109 Å². The van der Waals surface area contributed by atoms with Gasteiger partial charge < -0.3 is 9.32 Å². The molecule has 0 spiro atoms. The summed E-state index contributed by atoms with van der Waals surface area (Å²) in [4.78, 5) is 2.40. The Labute approximate surface area is 288 Å². The quantitative estimate of drug-likeness (QED) is 0.185. The number of furan rings is 1. The van der Waals surface area contributed by atoms with Crippen molar-refractivity contribution in [2.24, 2.45) is 0 Å². The number of benzene rings is 7. The first-order chi connectivity index (χ1) is 24.3. The Morgan fingerprint density at radius 2 is 1.27 bits per heavy atom. The molecule has 2 aromatic heterocycles. The fraction of sp³-hybridized carbons (Fsp3) is 0.0435. The molecule has 0 bridgehead atoms. The van der Waals surface area contributed by atoms with Gasteiger partial charge in [0.2, 0.25) is 0 Å². The molecule has 0 saturated carbocycles. The molecule has 0 fully saturated rings. The molecule has 49 heavy (non-hydrogen) atoms. The summed E-state index contributed by atoms with van der Waals surface area (Å²) >= 11 is 1.86. The minimum absolute atomic E-state index is 0.924. The molecule has 2 nitrogen and oxygen atoms in total. The molecule has 232 valence electrons. The molecule has 0 amide bonds. The zero-order chi connectivity index (χ0) is 32.3. The van der Waals surface area contributed by atoms with E-state index in [2.05, 4.69) is 169 Å². The third kappa shape index (κ3) is 4.69. The lowest BCUT2D eigenvalue weighted by molar-refractivity contribution is 0.595. The van der Waals surface area contributed by atoms with Gasteiger partial charge in [0, 0.05) is 54.1 Å².